The molecule has 0 aliphatic heterocycles. The molecule has 14 heteroatoms. The average Bonchev–Trinajstić information content (AvgIpc) is 3.00. The summed E-state index contributed by atoms with van der Waals surface area (Å²) in [6.07, 6.45) is -13.5. The lowest BCUT2D eigenvalue weighted by molar-refractivity contribution is -0.130. The molecule has 0 spiro atoms. The number of thioether (sulfide) groups is 1. The summed E-state index contributed by atoms with van der Waals surface area (Å²) in [4.78, 5) is 12.8. The van der Waals surface area contributed by atoms with Gasteiger partial charge in [0.05, 0.1) is 25.4 Å². The molecule has 0 amide bonds. The van der Waals surface area contributed by atoms with Crippen molar-refractivity contribution < 1.29 is 60.6 Å². The van der Waals surface area contributed by atoms with Crippen LogP contribution in [-0.2, 0) is 17.0 Å². The first-order valence-corrected chi connectivity index (χ1v) is 15.0. The summed E-state index contributed by atoms with van der Waals surface area (Å²) in [7, 11) is 0. The average molecular weight is 632 g/mol. The molecule has 2 aromatic carbocycles. The monoisotopic (exact) mass is 631 g/mol. The van der Waals surface area contributed by atoms with Crippen LogP contribution in [0.25, 0.3) is 10.8 Å². The van der Waals surface area contributed by atoms with Crippen molar-refractivity contribution in [1.82, 2.24) is 4.90 Å². The second-order valence-corrected chi connectivity index (χ2v) is 11.6. The Morgan fingerprint density at radius 3 is 1.77 bits per heavy atom. The molecule has 8 atom stereocenters. The number of nitrogens with zero attached hydrogens (tertiary/aromatic N) is 1. The number of carbonyl (C=O) groups is 1. The lowest BCUT2D eigenvalue weighted by Gasteiger charge is -2.33. The van der Waals surface area contributed by atoms with Crippen LogP contribution in [0.2, 0.25) is 0 Å². The minimum Gasteiger partial charge on any atom is -0.492 e. The number of aliphatic hydroxyl groups is 10. The molecule has 0 heterocycles. The van der Waals surface area contributed by atoms with Crippen molar-refractivity contribution in [3.05, 3.63) is 41.5 Å². The van der Waals surface area contributed by atoms with Gasteiger partial charge >= 0.3 is 0 Å². The SMILES string of the molecule is CCc1cc2cc(OCCN(C[C@@H](O)[C@@H](O)[C@H](O)[C@H](O)CO)C[C@@H](O)[C@@H](O)[C@H](O)[C@H](O)CO)ccc2cc1CSC(C)=O. The van der Waals surface area contributed by atoms with Crippen LogP contribution in [0.4, 0.5) is 0 Å². The molecule has 0 aliphatic carbocycles. The Balaban J connectivity index is 2.16. The second kappa shape index (κ2) is 18.1. The quantitative estimate of drug-likeness (QED) is 0.0789. The van der Waals surface area contributed by atoms with E-state index in [4.69, 9.17) is 14.9 Å². The molecule has 10 N–H and O–H groups in total. The van der Waals surface area contributed by atoms with Gasteiger partial charge in [0.15, 0.2) is 5.12 Å². The summed E-state index contributed by atoms with van der Waals surface area (Å²) >= 11 is 1.25. The Labute approximate surface area is 254 Å². The van der Waals surface area contributed by atoms with Crippen LogP contribution in [-0.4, -0.2) is 149 Å². The van der Waals surface area contributed by atoms with Gasteiger partial charge in [-0.3, -0.25) is 9.69 Å². The van der Waals surface area contributed by atoms with E-state index in [-0.39, 0.29) is 31.4 Å². The molecule has 2 rings (SSSR count). The molecule has 0 aliphatic rings. The number of benzene rings is 2. The van der Waals surface area contributed by atoms with Gasteiger partial charge in [0.25, 0.3) is 0 Å². The lowest BCUT2D eigenvalue weighted by Crippen LogP contribution is -2.53. The molecule has 0 fully saturated rings. The van der Waals surface area contributed by atoms with E-state index >= 15 is 0 Å². The Bertz CT molecular complexity index is 1110. The van der Waals surface area contributed by atoms with Crippen molar-refractivity contribution >= 4 is 27.6 Å². The molecule has 0 unspecified atom stereocenters. The van der Waals surface area contributed by atoms with E-state index in [0.717, 1.165) is 28.3 Å². The fraction of sp³-hybridized carbons (Fsp3) is 0.621. The van der Waals surface area contributed by atoms with E-state index in [2.05, 4.69) is 0 Å². The largest absolute Gasteiger partial charge is 0.492 e. The van der Waals surface area contributed by atoms with Gasteiger partial charge in [-0.1, -0.05) is 36.9 Å². The second-order valence-electron chi connectivity index (χ2n) is 10.5. The molecule has 0 saturated heterocycles. The van der Waals surface area contributed by atoms with E-state index in [9.17, 15) is 45.6 Å². The van der Waals surface area contributed by atoms with Crippen LogP contribution in [0.15, 0.2) is 30.3 Å². The van der Waals surface area contributed by atoms with Crippen molar-refractivity contribution in [3.63, 3.8) is 0 Å². The first-order valence-electron chi connectivity index (χ1n) is 14.0. The van der Waals surface area contributed by atoms with E-state index in [0.29, 0.717) is 11.5 Å². The fourth-order valence-corrected chi connectivity index (χ4v) is 5.15. The van der Waals surface area contributed by atoms with E-state index in [1.54, 1.807) is 6.07 Å². The number of fused-ring (bicyclic) bond motifs is 1. The molecule has 244 valence electrons. The van der Waals surface area contributed by atoms with Gasteiger partial charge in [-0.15, -0.1) is 0 Å². The van der Waals surface area contributed by atoms with Gasteiger partial charge in [0.2, 0.25) is 0 Å². The summed E-state index contributed by atoms with van der Waals surface area (Å²) in [5.41, 5.74) is 2.18. The van der Waals surface area contributed by atoms with Crippen molar-refractivity contribution in [2.75, 3.05) is 39.5 Å². The van der Waals surface area contributed by atoms with Crippen molar-refractivity contribution in [2.24, 2.45) is 0 Å². The summed E-state index contributed by atoms with van der Waals surface area (Å²) in [5, 5.41) is 101. The third-order valence-electron chi connectivity index (χ3n) is 7.16. The van der Waals surface area contributed by atoms with Gasteiger partial charge in [-0.05, 0) is 40.5 Å². The number of rotatable bonds is 19. The highest BCUT2D eigenvalue weighted by Crippen LogP contribution is 2.27. The predicted octanol–water partition coefficient (Wildman–Crippen LogP) is -2.27. The summed E-state index contributed by atoms with van der Waals surface area (Å²) in [6, 6.07) is 9.57. The van der Waals surface area contributed by atoms with Crippen LogP contribution in [0, 0.1) is 0 Å². The van der Waals surface area contributed by atoms with Crippen LogP contribution in [0.5, 0.6) is 5.75 Å². The summed E-state index contributed by atoms with van der Waals surface area (Å²) < 4.78 is 5.89. The van der Waals surface area contributed by atoms with Crippen LogP contribution in [0.3, 0.4) is 0 Å². The van der Waals surface area contributed by atoms with Crippen molar-refractivity contribution in [3.8, 4) is 5.75 Å². The molecule has 0 aromatic heterocycles. The van der Waals surface area contributed by atoms with Gasteiger partial charge in [-0.25, -0.2) is 0 Å². The maximum atomic E-state index is 11.4. The molecular weight excluding hydrogens is 586 g/mol. The Morgan fingerprint density at radius 2 is 1.28 bits per heavy atom. The Morgan fingerprint density at radius 1 is 0.767 bits per heavy atom. The number of hydrogen-bond donors (Lipinski definition) is 10. The van der Waals surface area contributed by atoms with Crippen LogP contribution >= 0.6 is 11.8 Å². The Kier molecular flexibility index (Phi) is 15.7. The predicted molar refractivity (Wildman–Crippen MR) is 159 cm³/mol. The maximum Gasteiger partial charge on any atom is 0.186 e. The first-order chi connectivity index (χ1) is 20.3. The van der Waals surface area contributed by atoms with Gasteiger partial charge < -0.3 is 55.8 Å². The summed E-state index contributed by atoms with van der Waals surface area (Å²) in [6.45, 7) is 1.09. The normalized spacial score (nSPS) is 17.7. The molecule has 43 heavy (non-hydrogen) atoms. The molecule has 0 saturated carbocycles. The van der Waals surface area contributed by atoms with Gasteiger partial charge in [-0.2, -0.15) is 0 Å². The third-order valence-corrected chi connectivity index (χ3v) is 8.02. The molecule has 0 bridgehead atoms. The number of aliphatic hydroxyl groups excluding tert-OH is 10. The van der Waals surface area contributed by atoms with Crippen LogP contribution in [0.1, 0.15) is 25.0 Å². The number of hydrogen-bond acceptors (Lipinski definition) is 14. The van der Waals surface area contributed by atoms with Gasteiger partial charge in [0, 0.05) is 32.3 Å². The van der Waals surface area contributed by atoms with E-state index in [1.165, 1.54) is 23.6 Å². The van der Waals surface area contributed by atoms with Crippen molar-refractivity contribution in [1.29, 1.82) is 0 Å². The standard InChI is InChI=1S/C29H45NO12S/c1-3-17-8-19-10-21(5-4-18(19)9-20(17)15-43-16(2)33)42-7-6-30(11-22(34)26(38)28(40)24(36)13-31)12-23(35)27(39)29(41)25(37)14-32/h4-5,8-10,22-29,31-32,34-41H,3,6-7,11-15H2,1-2H3/t22-,23-,24-,25-,26-,27-,28-,29-/m1/s1. The Hall–Kier alpha value is -1.92. The number of ether oxygens (including phenoxy) is 1. The fourth-order valence-electron chi connectivity index (χ4n) is 4.52. The number of aryl methyl sites for hydroxylation is 1. The van der Waals surface area contributed by atoms with Crippen LogP contribution < -0.4 is 4.74 Å². The summed E-state index contributed by atoms with van der Waals surface area (Å²) in [5.74, 6) is 1.10. The maximum absolute atomic E-state index is 11.4. The smallest absolute Gasteiger partial charge is 0.186 e. The molecule has 0 radical (unpaired) electrons. The highest BCUT2D eigenvalue weighted by molar-refractivity contribution is 8.12. The van der Waals surface area contributed by atoms with E-state index < -0.39 is 62.0 Å². The topological polar surface area (TPSA) is 232 Å². The van der Waals surface area contributed by atoms with Crippen molar-refractivity contribution in [2.45, 2.75) is 74.9 Å². The first kappa shape index (κ1) is 37.3. The zero-order valence-electron chi connectivity index (χ0n) is 24.3. The zero-order chi connectivity index (χ0) is 32.3. The molecule has 13 nitrogen and oxygen atoms in total. The highest BCUT2D eigenvalue weighted by atomic mass is 32.2. The number of carbonyl (C=O) groups excluding carboxylic acids is 1. The highest BCUT2D eigenvalue weighted by Gasteiger charge is 2.34. The minimum absolute atomic E-state index is 0.00867. The minimum atomic E-state index is -1.87. The third kappa shape index (κ3) is 11.2. The molecule has 2 aromatic rings. The van der Waals surface area contributed by atoms with Gasteiger partial charge in [0.1, 0.15) is 49.0 Å². The zero-order valence-corrected chi connectivity index (χ0v) is 25.1. The lowest BCUT2D eigenvalue weighted by atomic mass is 10.00. The van der Waals surface area contributed by atoms with E-state index in [1.807, 2.05) is 31.2 Å². The molecular formula is C29H45NO12S.